The first-order valence-electron chi connectivity index (χ1n) is 7.06. The van der Waals surface area contributed by atoms with E-state index in [4.69, 9.17) is 4.74 Å². The maximum Gasteiger partial charge on any atom is 0.248 e. The molecule has 3 nitrogen and oxygen atoms in total. The minimum atomic E-state index is -0.153. The molecule has 0 aromatic heterocycles. The van der Waals surface area contributed by atoms with E-state index in [1.54, 1.807) is 6.08 Å². The molecule has 0 spiro atoms. The summed E-state index contributed by atoms with van der Waals surface area (Å²) in [5, 5.41) is 2.87. The molecule has 0 heterocycles. The van der Waals surface area contributed by atoms with E-state index in [0.29, 0.717) is 6.61 Å². The van der Waals surface area contributed by atoms with Crippen LogP contribution in [0.5, 0.6) is 5.75 Å². The molecule has 1 amide bonds. The van der Waals surface area contributed by atoms with Crippen LogP contribution in [0.15, 0.2) is 53.0 Å². The molecule has 0 bridgehead atoms. The number of ether oxygens (including phenoxy) is 1. The zero-order valence-corrected chi connectivity index (χ0v) is 14.2. The number of hydrogen-bond acceptors (Lipinski definition) is 2. The predicted octanol–water partition coefficient (Wildman–Crippen LogP) is 4.81. The smallest absolute Gasteiger partial charge is 0.248 e. The Labute approximate surface area is 139 Å². The summed E-state index contributed by atoms with van der Waals surface area (Å²) in [6, 6.07) is 13.4. The van der Waals surface area contributed by atoms with Crippen LogP contribution in [0.2, 0.25) is 0 Å². The molecule has 22 heavy (non-hydrogen) atoms. The van der Waals surface area contributed by atoms with Crippen LogP contribution < -0.4 is 10.1 Å². The fraction of sp³-hybridized carbons (Fsp3) is 0.167. The third-order valence-corrected chi connectivity index (χ3v) is 3.56. The molecular formula is C18H18BrNO2. The van der Waals surface area contributed by atoms with Gasteiger partial charge in [-0.25, -0.2) is 0 Å². The average molecular weight is 360 g/mol. The number of carbonyl (C=O) groups excluding carboxylic acids is 1. The Bertz CT molecular complexity index is 678. The van der Waals surface area contributed by atoms with Crippen molar-refractivity contribution >= 4 is 33.6 Å². The third kappa shape index (κ3) is 4.74. The van der Waals surface area contributed by atoms with E-state index in [2.05, 4.69) is 21.2 Å². The molecule has 1 N–H and O–H groups in total. The van der Waals surface area contributed by atoms with Gasteiger partial charge in [-0.2, -0.15) is 0 Å². The number of aryl methyl sites for hydroxylation is 1. The normalized spacial score (nSPS) is 10.7. The maximum atomic E-state index is 12.0. The second-order valence-electron chi connectivity index (χ2n) is 4.78. The van der Waals surface area contributed by atoms with E-state index >= 15 is 0 Å². The summed E-state index contributed by atoms with van der Waals surface area (Å²) >= 11 is 3.40. The number of hydrogen-bond donors (Lipinski definition) is 1. The van der Waals surface area contributed by atoms with Crippen LogP contribution in [0.3, 0.4) is 0 Å². The summed E-state index contributed by atoms with van der Waals surface area (Å²) < 4.78 is 6.37. The summed E-state index contributed by atoms with van der Waals surface area (Å²) in [6.07, 6.45) is 3.30. The largest absolute Gasteiger partial charge is 0.494 e. The van der Waals surface area contributed by atoms with Crippen molar-refractivity contribution in [2.24, 2.45) is 0 Å². The van der Waals surface area contributed by atoms with Crippen molar-refractivity contribution in [3.8, 4) is 5.75 Å². The van der Waals surface area contributed by atoms with Gasteiger partial charge >= 0.3 is 0 Å². The number of carbonyl (C=O) groups is 1. The quantitative estimate of drug-likeness (QED) is 0.778. The van der Waals surface area contributed by atoms with Crippen LogP contribution in [0.4, 0.5) is 5.69 Å². The molecule has 0 saturated carbocycles. The highest BCUT2D eigenvalue weighted by molar-refractivity contribution is 9.10. The van der Waals surface area contributed by atoms with Gasteiger partial charge in [0.2, 0.25) is 5.91 Å². The summed E-state index contributed by atoms with van der Waals surface area (Å²) in [5.41, 5.74) is 2.77. The van der Waals surface area contributed by atoms with Crippen molar-refractivity contribution in [3.05, 3.63) is 64.1 Å². The molecule has 2 rings (SSSR count). The monoisotopic (exact) mass is 359 g/mol. The number of halogens is 1. The van der Waals surface area contributed by atoms with Crippen LogP contribution >= 0.6 is 15.9 Å². The van der Waals surface area contributed by atoms with Gasteiger partial charge in [0.1, 0.15) is 5.75 Å². The van der Waals surface area contributed by atoms with Crippen molar-refractivity contribution in [1.82, 2.24) is 0 Å². The Kier molecular flexibility index (Phi) is 5.78. The third-order valence-electron chi connectivity index (χ3n) is 3.06. The van der Waals surface area contributed by atoms with Gasteiger partial charge < -0.3 is 10.1 Å². The number of rotatable bonds is 5. The minimum Gasteiger partial charge on any atom is -0.494 e. The fourth-order valence-corrected chi connectivity index (χ4v) is 2.43. The van der Waals surface area contributed by atoms with E-state index in [0.717, 1.165) is 27.0 Å². The lowest BCUT2D eigenvalue weighted by Gasteiger charge is -2.06. The highest BCUT2D eigenvalue weighted by Gasteiger charge is 2.02. The van der Waals surface area contributed by atoms with Crippen LogP contribution in [0.1, 0.15) is 18.1 Å². The van der Waals surface area contributed by atoms with Crippen LogP contribution in [0.25, 0.3) is 6.08 Å². The fourth-order valence-electron chi connectivity index (χ4n) is 1.96. The summed E-state index contributed by atoms with van der Waals surface area (Å²) in [6.45, 7) is 4.54. The van der Waals surface area contributed by atoms with Crippen molar-refractivity contribution < 1.29 is 9.53 Å². The number of nitrogens with one attached hydrogen (secondary N) is 1. The van der Waals surface area contributed by atoms with E-state index < -0.39 is 0 Å². The Morgan fingerprint density at radius 2 is 1.95 bits per heavy atom. The van der Waals surface area contributed by atoms with E-state index in [-0.39, 0.29) is 5.91 Å². The van der Waals surface area contributed by atoms with Gasteiger partial charge in [-0.3, -0.25) is 4.79 Å². The zero-order chi connectivity index (χ0) is 15.9. The molecule has 2 aromatic rings. The Balaban J connectivity index is 1.98. The first-order valence-corrected chi connectivity index (χ1v) is 7.86. The topological polar surface area (TPSA) is 38.3 Å². The molecule has 0 aliphatic heterocycles. The molecule has 0 unspecified atom stereocenters. The molecule has 0 aliphatic carbocycles. The Morgan fingerprint density at radius 1 is 1.23 bits per heavy atom. The zero-order valence-electron chi connectivity index (χ0n) is 12.6. The van der Waals surface area contributed by atoms with Crippen molar-refractivity contribution in [2.45, 2.75) is 13.8 Å². The van der Waals surface area contributed by atoms with Gasteiger partial charge in [-0.05, 0) is 61.4 Å². The van der Waals surface area contributed by atoms with Gasteiger partial charge in [-0.1, -0.05) is 28.1 Å². The Hall–Kier alpha value is -2.07. The van der Waals surface area contributed by atoms with Crippen LogP contribution in [-0.2, 0) is 4.79 Å². The lowest BCUT2D eigenvalue weighted by atomic mass is 10.2. The molecule has 0 radical (unpaired) electrons. The maximum absolute atomic E-state index is 12.0. The molecule has 0 saturated heterocycles. The van der Waals surface area contributed by atoms with Gasteiger partial charge in [0, 0.05) is 16.2 Å². The number of amides is 1. The molecule has 2 aromatic carbocycles. The number of benzene rings is 2. The second kappa shape index (κ2) is 7.80. The standard InChI is InChI=1S/C18H18BrNO2/c1-3-22-16-8-4-14(5-9-16)6-11-18(21)20-17-10-7-15(19)12-13(17)2/h4-12H,3H2,1-2H3,(H,20,21)/b11-6+. The van der Waals surface area contributed by atoms with Gasteiger partial charge in [0.25, 0.3) is 0 Å². The lowest BCUT2D eigenvalue weighted by molar-refractivity contribution is -0.111. The molecule has 114 valence electrons. The summed E-state index contributed by atoms with van der Waals surface area (Å²) in [4.78, 5) is 12.0. The molecule has 0 fully saturated rings. The number of anilines is 1. The van der Waals surface area contributed by atoms with Crippen molar-refractivity contribution in [2.75, 3.05) is 11.9 Å². The van der Waals surface area contributed by atoms with Crippen LogP contribution in [0, 0.1) is 6.92 Å². The lowest BCUT2D eigenvalue weighted by Crippen LogP contribution is -2.08. The van der Waals surface area contributed by atoms with Crippen LogP contribution in [-0.4, -0.2) is 12.5 Å². The highest BCUT2D eigenvalue weighted by Crippen LogP contribution is 2.20. The van der Waals surface area contributed by atoms with Gasteiger partial charge in [0.15, 0.2) is 0 Å². The Morgan fingerprint density at radius 3 is 2.59 bits per heavy atom. The SMILES string of the molecule is CCOc1ccc(/C=C/C(=O)Nc2ccc(Br)cc2C)cc1. The molecule has 0 atom stereocenters. The summed E-state index contributed by atoms with van der Waals surface area (Å²) in [5.74, 6) is 0.675. The minimum absolute atomic E-state index is 0.153. The van der Waals surface area contributed by atoms with E-state index in [9.17, 15) is 4.79 Å². The van der Waals surface area contributed by atoms with Crippen molar-refractivity contribution in [1.29, 1.82) is 0 Å². The summed E-state index contributed by atoms with van der Waals surface area (Å²) in [7, 11) is 0. The second-order valence-corrected chi connectivity index (χ2v) is 5.70. The predicted molar refractivity (Wildman–Crippen MR) is 94.2 cm³/mol. The molecule has 0 aliphatic rings. The first kappa shape index (κ1) is 16.3. The molecule has 4 heteroatoms. The van der Waals surface area contributed by atoms with E-state index in [1.807, 2.05) is 56.3 Å². The van der Waals surface area contributed by atoms with Gasteiger partial charge in [0.05, 0.1) is 6.61 Å². The average Bonchev–Trinajstić information content (AvgIpc) is 2.50. The van der Waals surface area contributed by atoms with E-state index in [1.165, 1.54) is 6.08 Å². The van der Waals surface area contributed by atoms with Gasteiger partial charge in [-0.15, -0.1) is 0 Å². The molecular weight excluding hydrogens is 342 g/mol. The first-order chi connectivity index (χ1) is 10.6. The van der Waals surface area contributed by atoms with Crippen molar-refractivity contribution in [3.63, 3.8) is 0 Å². The highest BCUT2D eigenvalue weighted by atomic mass is 79.9.